The smallest absolute Gasteiger partial charge is 0.271 e. The Kier molecular flexibility index (Phi) is 5.61. The Morgan fingerprint density at radius 1 is 1.00 bits per heavy atom. The SMILES string of the molecule is COc1ccccc1C1C2=C(N=c3sc(=Cc4ccc(N(C)C)cc4)c(=O)n31)c1ccccc1CC2. The van der Waals surface area contributed by atoms with Crippen molar-refractivity contribution in [2.45, 2.75) is 18.9 Å². The Labute approximate surface area is 213 Å². The molecule has 0 radical (unpaired) electrons. The lowest BCUT2D eigenvalue weighted by Crippen LogP contribution is -2.39. The van der Waals surface area contributed by atoms with Gasteiger partial charge in [0.05, 0.1) is 23.4 Å². The van der Waals surface area contributed by atoms with Crippen molar-refractivity contribution >= 4 is 28.8 Å². The van der Waals surface area contributed by atoms with Crippen LogP contribution in [0.15, 0.2) is 88.2 Å². The number of hydrogen-bond donors (Lipinski definition) is 0. The van der Waals surface area contributed by atoms with Crippen molar-refractivity contribution < 1.29 is 4.74 Å². The van der Waals surface area contributed by atoms with Crippen molar-refractivity contribution in [2.24, 2.45) is 4.99 Å². The van der Waals surface area contributed by atoms with Crippen LogP contribution in [-0.4, -0.2) is 25.8 Å². The number of aryl methyl sites for hydroxylation is 1. The van der Waals surface area contributed by atoms with Gasteiger partial charge in [-0.05, 0) is 53.8 Å². The van der Waals surface area contributed by atoms with E-state index < -0.39 is 0 Å². The third kappa shape index (κ3) is 3.69. The molecule has 0 saturated heterocycles. The van der Waals surface area contributed by atoms with E-state index in [1.807, 2.05) is 55.1 Å². The summed E-state index contributed by atoms with van der Waals surface area (Å²) in [5, 5.41) is 0. The Morgan fingerprint density at radius 3 is 2.53 bits per heavy atom. The normalized spacial score (nSPS) is 16.6. The molecule has 1 aliphatic carbocycles. The largest absolute Gasteiger partial charge is 0.496 e. The molecule has 1 unspecified atom stereocenters. The van der Waals surface area contributed by atoms with Crippen LogP contribution in [0.25, 0.3) is 11.8 Å². The molecule has 6 heteroatoms. The monoisotopic (exact) mass is 493 g/mol. The van der Waals surface area contributed by atoms with E-state index in [9.17, 15) is 4.79 Å². The van der Waals surface area contributed by atoms with E-state index in [-0.39, 0.29) is 11.6 Å². The molecular formula is C30H27N3O2S. The summed E-state index contributed by atoms with van der Waals surface area (Å²) >= 11 is 1.45. The fraction of sp³-hybridized carbons (Fsp3) is 0.200. The summed E-state index contributed by atoms with van der Waals surface area (Å²) in [7, 11) is 5.72. The molecule has 5 nitrogen and oxygen atoms in total. The second kappa shape index (κ2) is 8.95. The van der Waals surface area contributed by atoms with Gasteiger partial charge in [-0.3, -0.25) is 9.36 Å². The molecule has 0 bridgehead atoms. The summed E-state index contributed by atoms with van der Waals surface area (Å²) in [5.41, 5.74) is 7.73. The first-order valence-electron chi connectivity index (χ1n) is 12.1. The first-order chi connectivity index (χ1) is 17.5. The predicted molar refractivity (Wildman–Crippen MR) is 147 cm³/mol. The van der Waals surface area contributed by atoms with Gasteiger partial charge in [0, 0.05) is 30.9 Å². The molecule has 36 heavy (non-hydrogen) atoms. The van der Waals surface area contributed by atoms with Gasteiger partial charge in [0.2, 0.25) is 0 Å². The molecular weight excluding hydrogens is 466 g/mol. The maximum Gasteiger partial charge on any atom is 0.271 e. The van der Waals surface area contributed by atoms with Gasteiger partial charge in [0.1, 0.15) is 5.75 Å². The second-order valence-corrected chi connectivity index (χ2v) is 10.4. The van der Waals surface area contributed by atoms with E-state index in [4.69, 9.17) is 9.73 Å². The van der Waals surface area contributed by atoms with Crippen LogP contribution in [-0.2, 0) is 6.42 Å². The molecule has 2 heterocycles. The first-order valence-corrected chi connectivity index (χ1v) is 12.9. The summed E-state index contributed by atoms with van der Waals surface area (Å²) in [5.74, 6) is 0.781. The summed E-state index contributed by atoms with van der Waals surface area (Å²) in [6.07, 6.45) is 3.76. The van der Waals surface area contributed by atoms with Gasteiger partial charge in [0.25, 0.3) is 5.56 Å². The van der Waals surface area contributed by atoms with Gasteiger partial charge < -0.3 is 9.64 Å². The average molecular weight is 494 g/mol. The minimum atomic E-state index is -0.251. The van der Waals surface area contributed by atoms with Crippen LogP contribution in [0.1, 0.15) is 34.7 Å². The van der Waals surface area contributed by atoms with E-state index in [2.05, 4.69) is 47.4 Å². The lowest BCUT2D eigenvalue weighted by atomic mass is 9.83. The molecule has 1 atom stereocenters. The lowest BCUT2D eigenvalue weighted by molar-refractivity contribution is 0.402. The summed E-state index contributed by atoms with van der Waals surface area (Å²) in [6.45, 7) is 0. The zero-order valence-electron chi connectivity index (χ0n) is 20.6. The van der Waals surface area contributed by atoms with Gasteiger partial charge in [-0.25, -0.2) is 4.99 Å². The number of rotatable bonds is 4. The van der Waals surface area contributed by atoms with Crippen LogP contribution < -0.4 is 24.5 Å². The molecule has 1 aromatic heterocycles. The topological polar surface area (TPSA) is 46.8 Å². The molecule has 0 spiro atoms. The Morgan fingerprint density at radius 2 is 1.75 bits per heavy atom. The molecule has 1 aliphatic heterocycles. The van der Waals surface area contributed by atoms with Crippen molar-refractivity contribution in [3.05, 3.63) is 120 Å². The number of hydrogen-bond acceptors (Lipinski definition) is 5. The van der Waals surface area contributed by atoms with Crippen molar-refractivity contribution in [1.82, 2.24) is 4.57 Å². The second-order valence-electron chi connectivity index (χ2n) is 9.34. The number of fused-ring (bicyclic) bond motifs is 3. The van der Waals surface area contributed by atoms with Crippen LogP contribution >= 0.6 is 11.3 Å². The minimum absolute atomic E-state index is 0.0169. The van der Waals surface area contributed by atoms with Crippen LogP contribution in [0.3, 0.4) is 0 Å². The van der Waals surface area contributed by atoms with Crippen molar-refractivity contribution in [1.29, 1.82) is 0 Å². The number of ether oxygens (including phenoxy) is 1. The average Bonchev–Trinajstić information content (AvgIpc) is 3.22. The molecule has 0 fully saturated rings. The standard InChI is InChI=1S/C30H27N3O2S/c1-32(2)21-15-12-19(13-16-21)18-26-29(34)33-28(23-10-6-7-11-25(23)35-3)24-17-14-20-8-4-5-9-22(20)27(24)31-30(33)36-26/h4-13,15-16,18,28H,14,17H2,1-3H3. The number of benzene rings is 3. The highest BCUT2D eigenvalue weighted by molar-refractivity contribution is 7.07. The molecule has 180 valence electrons. The number of thiazole rings is 1. The number of aromatic nitrogens is 1. The van der Waals surface area contributed by atoms with E-state index in [1.54, 1.807) is 7.11 Å². The fourth-order valence-corrected chi connectivity index (χ4v) is 6.21. The molecule has 6 rings (SSSR count). The van der Waals surface area contributed by atoms with Crippen LogP contribution in [0.4, 0.5) is 5.69 Å². The summed E-state index contributed by atoms with van der Waals surface area (Å²) in [4.78, 5) is 21.8. The molecule has 3 aromatic carbocycles. The molecule has 4 aromatic rings. The van der Waals surface area contributed by atoms with Crippen molar-refractivity contribution in [2.75, 3.05) is 26.1 Å². The van der Waals surface area contributed by atoms with Crippen molar-refractivity contribution in [3.63, 3.8) is 0 Å². The quantitative estimate of drug-likeness (QED) is 0.424. The van der Waals surface area contributed by atoms with E-state index in [0.717, 1.165) is 51.5 Å². The number of allylic oxidation sites excluding steroid dienone is 1. The van der Waals surface area contributed by atoms with Crippen LogP contribution in [0, 0.1) is 0 Å². The summed E-state index contributed by atoms with van der Waals surface area (Å²) in [6, 6.07) is 24.5. The minimum Gasteiger partial charge on any atom is -0.496 e. The lowest BCUT2D eigenvalue weighted by Gasteiger charge is -2.31. The number of methoxy groups -OCH3 is 1. The Balaban J connectivity index is 1.59. The highest BCUT2D eigenvalue weighted by Gasteiger charge is 2.33. The van der Waals surface area contributed by atoms with Crippen molar-refractivity contribution in [3.8, 4) is 5.75 Å². The Bertz CT molecular complexity index is 1680. The number of para-hydroxylation sites is 1. The number of nitrogens with zero attached hydrogens (tertiary/aromatic N) is 3. The third-order valence-electron chi connectivity index (χ3n) is 7.01. The molecule has 2 aliphatic rings. The van der Waals surface area contributed by atoms with Gasteiger partial charge >= 0.3 is 0 Å². The van der Waals surface area contributed by atoms with Gasteiger partial charge in [-0.1, -0.05) is 65.9 Å². The van der Waals surface area contributed by atoms with Crippen LogP contribution in [0.2, 0.25) is 0 Å². The van der Waals surface area contributed by atoms with Gasteiger partial charge in [0.15, 0.2) is 4.80 Å². The van der Waals surface area contributed by atoms with E-state index in [0.29, 0.717) is 4.53 Å². The number of anilines is 1. The fourth-order valence-electron chi connectivity index (χ4n) is 5.21. The van der Waals surface area contributed by atoms with E-state index in [1.165, 1.54) is 22.5 Å². The molecule has 0 N–H and O–H groups in total. The third-order valence-corrected chi connectivity index (χ3v) is 8.00. The predicted octanol–water partition coefficient (Wildman–Crippen LogP) is 4.39. The molecule has 0 amide bonds. The van der Waals surface area contributed by atoms with Gasteiger partial charge in [-0.2, -0.15) is 0 Å². The summed E-state index contributed by atoms with van der Waals surface area (Å²) < 4.78 is 8.31. The zero-order chi connectivity index (χ0) is 24.8. The highest BCUT2D eigenvalue weighted by atomic mass is 32.1. The molecule has 0 saturated carbocycles. The zero-order valence-corrected chi connectivity index (χ0v) is 21.4. The highest BCUT2D eigenvalue weighted by Crippen LogP contribution is 2.43. The van der Waals surface area contributed by atoms with Crippen LogP contribution in [0.5, 0.6) is 5.75 Å². The first kappa shape index (κ1) is 22.6. The maximum atomic E-state index is 13.9. The maximum absolute atomic E-state index is 13.9. The van der Waals surface area contributed by atoms with Gasteiger partial charge in [-0.15, -0.1) is 0 Å². The Hall–Kier alpha value is -3.90. The van der Waals surface area contributed by atoms with E-state index >= 15 is 0 Å².